The van der Waals surface area contributed by atoms with Crippen LogP contribution in [0.2, 0.25) is 0 Å². The molecule has 3 aromatic rings. The van der Waals surface area contributed by atoms with Gasteiger partial charge in [-0.05, 0) is 73.2 Å². The van der Waals surface area contributed by atoms with Crippen molar-refractivity contribution in [2.45, 2.75) is 45.9 Å². The minimum atomic E-state index is -1.35. The van der Waals surface area contributed by atoms with Crippen LogP contribution in [0.1, 0.15) is 76.1 Å². The highest BCUT2D eigenvalue weighted by Gasteiger charge is 2.28. The van der Waals surface area contributed by atoms with E-state index in [-0.39, 0.29) is 39.8 Å². The van der Waals surface area contributed by atoms with Crippen molar-refractivity contribution in [3.63, 3.8) is 0 Å². The molecule has 1 unspecified atom stereocenters. The van der Waals surface area contributed by atoms with E-state index in [2.05, 4.69) is 22.2 Å². The molecule has 7 N–H and O–H groups in total. The maximum atomic E-state index is 13.8. The van der Waals surface area contributed by atoms with Gasteiger partial charge < -0.3 is 36.3 Å². The number of nitrogens with two attached hydrogens (primary N) is 2. The van der Waals surface area contributed by atoms with Crippen LogP contribution in [0.4, 0.5) is 5.69 Å². The van der Waals surface area contributed by atoms with Crippen molar-refractivity contribution in [2.75, 3.05) is 19.0 Å². The highest BCUT2D eigenvalue weighted by atomic mass is 16.7. The molecule has 1 aliphatic carbocycles. The predicted molar refractivity (Wildman–Crippen MR) is 181 cm³/mol. The summed E-state index contributed by atoms with van der Waals surface area (Å²) in [5, 5.41) is 13.2. The minimum Gasteiger partial charge on any atom is -0.496 e. The zero-order valence-corrected chi connectivity index (χ0v) is 27.3. The molecule has 48 heavy (non-hydrogen) atoms. The molecule has 0 saturated heterocycles. The van der Waals surface area contributed by atoms with Crippen molar-refractivity contribution in [1.29, 1.82) is 5.41 Å². The molecule has 2 amide bonds. The first kappa shape index (κ1) is 35.3. The number of nitrogens with one attached hydrogen (secondary N) is 3. The molecule has 13 heteroatoms. The Labute approximate surface area is 278 Å². The Morgan fingerprint density at radius 3 is 2.29 bits per heavy atom. The topological polar surface area (TPSA) is 209 Å². The van der Waals surface area contributed by atoms with E-state index < -0.39 is 36.1 Å². The molecular formula is C35H40N6O7. The Bertz CT molecular complexity index is 1730. The summed E-state index contributed by atoms with van der Waals surface area (Å²) in [5.41, 5.74) is 13.0. The van der Waals surface area contributed by atoms with Gasteiger partial charge in [0.15, 0.2) is 5.69 Å². The summed E-state index contributed by atoms with van der Waals surface area (Å²) >= 11 is 0. The number of hydrogen-bond donors (Lipinski definition) is 5. The SMILES string of the molecule is C=Cc1cc(C(=O)Nc2ccc(C(=N)N)cc2)c(-c2ccc(C(=O)NCC3CC3)nc2C(=O)OC(C)OC(=O)[C@@H](N)C(C)C)cc1OC. The first-order valence-electron chi connectivity index (χ1n) is 15.4. The molecule has 1 saturated carbocycles. The van der Waals surface area contributed by atoms with Gasteiger partial charge in [0.25, 0.3) is 11.8 Å². The fraction of sp³-hybridized carbons (Fsp3) is 0.314. The van der Waals surface area contributed by atoms with Crippen LogP contribution in [0.5, 0.6) is 5.75 Å². The first-order valence-corrected chi connectivity index (χ1v) is 15.4. The van der Waals surface area contributed by atoms with E-state index in [0.29, 0.717) is 35.0 Å². The van der Waals surface area contributed by atoms with Crippen LogP contribution >= 0.6 is 0 Å². The van der Waals surface area contributed by atoms with Crippen molar-refractivity contribution in [3.8, 4) is 16.9 Å². The second-order valence-electron chi connectivity index (χ2n) is 11.7. The fourth-order valence-corrected chi connectivity index (χ4v) is 4.63. The smallest absolute Gasteiger partial charge is 0.360 e. The number of esters is 2. The number of pyridine rings is 1. The number of hydrogen-bond acceptors (Lipinski definition) is 10. The van der Waals surface area contributed by atoms with Gasteiger partial charge in [0.05, 0.1) is 7.11 Å². The normalized spacial score (nSPS) is 13.5. The van der Waals surface area contributed by atoms with E-state index in [4.69, 9.17) is 31.1 Å². The lowest BCUT2D eigenvalue weighted by atomic mass is 9.94. The standard InChI is InChI=1S/C35H40N6O7/c1-6-21-15-26(32(42)40-23-11-9-22(10-12-23)31(37)38)25(16-28(21)46-5)24-13-14-27(33(43)39-17-20-7-8-20)41-30(24)35(45)48-19(4)47-34(44)29(36)18(2)3/h6,9-16,18-20,29H,1,7-8,17,36H2,2-5H3,(H3,37,38)(H,39,43)(H,40,42)/t19?,29-/m0/s1. The second kappa shape index (κ2) is 15.4. The van der Waals surface area contributed by atoms with E-state index in [9.17, 15) is 19.2 Å². The Morgan fingerprint density at radius 2 is 1.71 bits per heavy atom. The summed E-state index contributed by atoms with van der Waals surface area (Å²) < 4.78 is 16.3. The molecule has 1 aliphatic rings. The van der Waals surface area contributed by atoms with Gasteiger partial charge in [-0.1, -0.05) is 26.5 Å². The number of anilines is 1. The number of amides is 2. The number of benzene rings is 2. The lowest BCUT2D eigenvalue weighted by molar-refractivity contribution is -0.168. The van der Waals surface area contributed by atoms with Crippen molar-refractivity contribution >= 4 is 41.4 Å². The minimum absolute atomic E-state index is 0.0518. The predicted octanol–water partition coefficient (Wildman–Crippen LogP) is 4.11. The van der Waals surface area contributed by atoms with Gasteiger partial charge in [-0.15, -0.1) is 0 Å². The van der Waals surface area contributed by atoms with Crippen molar-refractivity contribution in [2.24, 2.45) is 23.3 Å². The van der Waals surface area contributed by atoms with Gasteiger partial charge in [-0.2, -0.15) is 0 Å². The van der Waals surface area contributed by atoms with E-state index in [1.807, 2.05) is 0 Å². The second-order valence-corrected chi connectivity index (χ2v) is 11.7. The maximum absolute atomic E-state index is 13.8. The van der Waals surface area contributed by atoms with Gasteiger partial charge in [-0.3, -0.25) is 19.8 Å². The average Bonchev–Trinajstić information content (AvgIpc) is 3.90. The molecule has 0 bridgehead atoms. The third kappa shape index (κ3) is 8.62. The number of rotatable bonds is 14. The van der Waals surface area contributed by atoms with Crippen LogP contribution in [0, 0.1) is 17.2 Å². The molecule has 0 spiro atoms. The molecule has 2 atom stereocenters. The average molecular weight is 657 g/mol. The lowest BCUT2D eigenvalue weighted by Crippen LogP contribution is -2.39. The fourth-order valence-electron chi connectivity index (χ4n) is 4.63. The van der Waals surface area contributed by atoms with Gasteiger partial charge in [-0.25, -0.2) is 9.78 Å². The molecule has 1 fully saturated rings. The highest BCUT2D eigenvalue weighted by Crippen LogP contribution is 2.35. The summed E-state index contributed by atoms with van der Waals surface area (Å²) in [5.74, 6) is -2.41. The lowest BCUT2D eigenvalue weighted by Gasteiger charge is -2.20. The van der Waals surface area contributed by atoms with Crippen LogP contribution in [0.15, 0.2) is 55.1 Å². The highest BCUT2D eigenvalue weighted by molar-refractivity contribution is 6.11. The summed E-state index contributed by atoms with van der Waals surface area (Å²) in [6.45, 7) is 9.15. The number of carbonyl (C=O) groups excluding carboxylic acids is 4. The molecule has 4 rings (SSSR count). The van der Waals surface area contributed by atoms with E-state index >= 15 is 0 Å². The third-order valence-corrected chi connectivity index (χ3v) is 7.69. The Balaban J connectivity index is 1.77. The van der Waals surface area contributed by atoms with Crippen LogP contribution in [0.3, 0.4) is 0 Å². The van der Waals surface area contributed by atoms with Crippen LogP contribution in [0.25, 0.3) is 17.2 Å². The molecule has 2 aromatic carbocycles. The summed E-state index contributed by atoms with van der Waals surface area (Å²) in [6, 6.07) is 11.5. The molecular weight excluding hydrogens is 616 g/mol. The summed E-state index contributed by atoms with van der Waals surface area (Å²) in [4.78, 5) is 57.3. The largest absolute Gasteiger partial charge is 0.496 e. The molecule has 13 nitrogen and oxygen atoms in total. The number of aromatic nitrogens is 1. The zero-order valence-electron chi connectivity index (χ0n) is 27.3. The number of carbonyl (C=O) groups is 4. The Kier molecular flexibility index (Phi) is 11.3. The molecule has 252 valence electrons. The zero-order chi connectivity index (χ0) is 35.1. The van der Waals surface area contributed by atoms with Crippen LogP contribution < -0.4 is 26.8 Å². The number of nitrogens with zero attached hydrogens (tertiary/aromatic N) is 1. The number of amidine groups is 1. The molecule has 1 aromatic heterocycles. The molecule has 0 aliphatic heterocycles. The van der Waals surface area contributed by atoms with Crippen molar-refractivity contribution < 1.29 is 33.4 Å². The number of nitrogen functional groups attached to an aromatic ring is 1. The molecule has 1 heterocycles. The number of methoxy groups -OCH3 is 1. The van der Waals surface area contributed by atoms with Gasteiger partial charge in [0.1, 0.15) is 23.3 Å². The monoisotopic (exact) mass is 656 g/mol. The first-order chi connectivity index (χ1) is 22.8. The quantitative estimate of drug-likeness (QED) is 0.0726. The van der Waals surface area contributed by atoms with Gasteiger partial charge in [0.2, 0.25) is 6.29 Å². The van der Waals surface area contributed by atoms with Crippen molar-refractivity contribution in [3.05, 3.63) is 83.2 Å². The Hall–Kier alpha value is -5.56. The van der Waals surface area contributed by atoms with Gasteiger partial charge in [0, 0.05) is 47.0 Å². The third-order valence-electron chi connectivity index (χ3n) is 7.69. The van der Waals surface area contributed by atoms with Gasteiger partial charge >= 0.3 is 11.9 Å². The summed E-state index contributed by atoms with van der Waals surface area (Å²) in [6.07, 6.45) is 2.21. The van der Waals surface area contributed by atoms with Crippen LogP contribution in [-0.4, -0.2) is 60.6 Å². The molecule has 0 radical (unpaired) electrons. The van der Waals surface area contributed by atoms with Crippen molar-refractivity contribution in [1.82, 2.24) is 10.3 Å². The Morgan fingerprint density at radius 1 is 1.02 bits per heavy atom. The van der Waals surface area contributed by atoms with E-state index in [0.717, 1.165) is 12.8 Å². The summed E-state index contributed by atoms with van der Waals surface area (Å²) in [7, 11) is 1.45. The van der Waals surface area contributed by atoms with E-state index in [1.54, 1.807) is 50.2 Å². The van der Waals surface area contributed by atoms with Crippen LogP contribution in [-0.2, 0) is 14.3 Å². The maximum Gasteiger partial charge on any atom is 0.360 e. The van der Waals surface area contributed by atoms with E-state index in [1.165, 1.54) is 32.2 Å². The number of ether oxygens (including phenoxy) is 3.